The molecule has 1 aromatic carbocycles. The molecule has 4 heteroatoms. The van der Waals surface area contributed by atoms with E-state index in [9.17, 15) is 0 Å². The summed E-state index contributed by atoms with van der Waals surface area (Å²) in [6, 6.07) is 7.95. The minimum Gasteiger partial charge on any atom is -0.338 e. The normalized spacial score (nSPS) is 10.8. The number of benzene rings is 1. The molecular weight excluding hydrogens is 284 g/mol. The van der Waals surface area contributed by atoms with E-state index in [0.717, 1.165) is 20.0 Å². The maximum absolute atomic E-state index is 5.78. The van der Waals surface area contributed by atoms with Crippen LogP contribution in [0.2, 0.25) is 0 Å². The fourth-order valence-corrected chi connectivity index (χ4v) is 2.12. The van der Waals surface area contributed by atoms with Crippen molar-refractivity contribution in [3.63, 3.8) is 0 Å². The van der Waals surface area contributed by atoms with Crippen LogP contribution >= 0.6 is 31.9 Å². The zero-order valence-corrected chi connectivity index (χ0v) is 9.26. The monoisotopic (exact) mass is 288 g/mol. The van der Waals surface area contributed by atoms with E-state index in [1.54, 1.807) is 4.68 Å². The summed E-state index contributed by atoms with van der Waals surface area (Å²) >= 11 is 6.84. The zero-order valence-electron chi connectivity index (χ0n) is 6.09. The van der Waals surface area contributed by atoms with Gasteiger partial charge in [-0.1, -0.05) is 18.2 Å². The van der Waals surface area contributed by atoms with Crippen LogP contribution in [0, 0.1) is 0 Å². The van der Waals surface area contributed by atoms with Gasteiger partial charge in [-0.25, -0.2) is 0 Å². The van der Waals surface area contributed by atoms with Crippen molar-refractivity contribution in [1.82, 2.24) is 4.68 Å². The molecule has 2 N–H and O–H groups in total. The Morgan fingerprint density at radius 2 is 1.83 bits per heavy atom. The first-order valence-electron chi connectivity index (χ1n) is 3.41. The molecule has 12 heavy (non-hydrogen) atoms. The molecule has 0 saturated carbocycles. The summed E-state index contributed by atoms with van der Waals surface area (Å²) in [6.07, 6.45) is 0. The van der Waals surface area contributed by atoms with Gasteiger partial charge >= 0.3 is 0 Å². The number of aromatic nitrogens is 1. The van der Waals surface area contributed by atoms with Crippen molar-refractivity contribution in [2.75, 3.05) is 5.84 Å². The summed E-state index contributed by atoms with van der Waals surface area (Å²) in [6.45, 7) is 0. The van der Waals surface area contributed by atoms with E-state index in [-0.39, 0.29) is 0 Å². The molecule has 0 bridgehead atoms. The van der Waals surface area contributed by atoms with Crippen molar-refractivity contribution in [3.8, 4) is 0 Å². The Kier molecular flexibility index (Phi) is 1.88. The predicted octanol–water partition coefficient (Wildman–Crippen LogP) is 2.88. The van der Waals surface area contributed by atoms with Crippen LogP contribution in [-0.2, 0) is 0 Å². The lowest BCUT2D eigenvalue weighted by atomic mass is 10.3. The van der Waals surface area contributed by atoms with E-state index in [1.165, 1.54) is 0 Å². The SMILES string of the molecule is Nn1c(Br)c(Br)c2ccccc21. The van der Waals surface area contributed by atoms with Gasteiger partial charge in [0.15, 0.2) is 0 Å². The number of nitrogens with zero attached hydrogens (tertiary/aromatic N) is 1. The summed E-state index contributed by atoms with van der Waals surface area (Å²) in [5.74, 6) is 5.78. The van der Waals surface area contributed by atoms with Crippen molar-refractivity contribution in [2.45, 2.75) is 0 Å². The van der Waals surface area contributed by atoms with E-state index in [1.807, 2.05) is 24.3 Å². The van der Waals surface area contributed by atoms with Crippen LogP contribution in [0.25, 0.3) is 10.9 Å². The Balaban J connectivity index is 2.99. The first-order valence-corrected chi connectivity index (χ1v) is 5.00. The number of nitrogen functional groups attached to an aromatic ring is 1. The van der Waals surface area contributed by atoms with Gasteiger partial charge in [-0.15, -0.1) is 0 Å². The average Bonchev–Trinajstić information content (AvgIpc) is 2.33. The second kappa shape index (κ2) is 2.78. The first-order chi connectivity index (χ1) is 5.72. The van der Waals surface area contributed by atoms with Crippen LogP contribution in [0.15, 0.2) is 33.3 Å². The molecule has 2 nitrogen and oxygen atoms in total. The van der Waals surface area contributed by atoms with Crippen LogP contribution in [0.1, 0.15) is 0 Å². The Morgan fingerprint density at radius 3 is 2.50 bits per heavy atom. The molecule has 0 aliphatic heterocycles. The van der Waals surface area contributed by atoms with Crippen LogP contribution < -0.4 is 5.84 Å². The molecular formula is C8H6Br2N2. The van der Waals surface area contributed by atoms with E-state index in [2.05, 4.69) is 31.9 Å². The Bertz CT molecular complexity index is 395. The van der Waals surface area contributed by atoms with Crippen molar-refractivity contribution >= 4 is 42.8 Å². The number of hydrogen-bond acceptors (Lipinski definition) is 1. The highest BCUT2D eigenvalue weighted by Gasteiger charge is 2.09. The zero-order chi connectivity index (χ0) is 8.72. The lowest BCUT2D eigenvalue weighted by molar-refractivity contribution is 1.03. The summed E-state index contributed by atoms with van der Waals surface area (Å²) < 4.78 is 3.48. The highest BCUT2D eigenvalue weighted by molar-refractivity contribution is 9.13. The number of hydrogen-bond donors (Lipinski definition) is 1. The maximum atomic E-state index is 5.78. The molecule has 0 fully saturated rings. The number of nitrogens with two attached hydrogens (primary N) is 1. The number of fused-ring (bicyclic) bond motifs is 1. The topological polar surface area (TPSA) is 30.9 Å². The van der Waals surface area contributed by atoms with Crippen molar-refractivity contribution in [1.29, 1.82) is 0 Å². The van der Waals surface area contributed by atoms with Crippen molar-refractivity contribution in [3.05, 3.63) is 33.3 Å². The number of para-hydroxylation sites is 1. The minimum absolute atomic E-state index is 0.865. The van der Waals surface area contributed by atoms with Crippen LogP contribution in [0.4, 0.5) is 0 Å². The van der Waals surface area contributed by atoms with E-state index in [0.29, 0.717) is 0 Å². The van der Waals surface area contributed by atoms with Gasteiger partial charge in [0.25, 0.3) is 0 Å². The highest BCUT2D eigenvalue weighted by Crippen LogP contribution is 2.32. The smallest absolute Gasteiger partial charge is 0.120 e. The van der Waals surface area contributed by atoms with Gasteiger partial charge in [0, 0.05) is 5.39 Å². The molecule has 1 heterocycles. The van der Waals surface area contributed by atoms with Gasteiger partial charge in [-0.3, -0.25) is 4.68 Å². The minimum atomic E-state index is 0.865. The largest absolute Gasteiger partial charge is 0.338 e. The third-order valence-corrected chi connectivity index (χ3v) is 3.91. The van der Waals surface area contributed by atoms with Gasteiger partial charge in [-0.05, 0) is 37.9 Å². The number of halogens is 2. The molecule has 0 aliphatic carbocycles. The van der Waals surface area contributed by atoms with Gasteiger partial charge in [0.1, 0.15) is 4.60 Å². The van der Waals surface area contributed by atoms with Crippen LogP contribution in [0.3, 0.4) is 0 Å². The second-order valence-corrected chi connectivity index (χ2v) is 4.04. The molecule has 0 amide bonds. The summed E-state index contributed by atoms with van der Waals surface area (Å²) in [5.41, 5.74) is 1.01. The third kappa shape index (κ3) is 0.983. The van der Waals surface area contributed by atoms with Gasteiger partial charge in [-0.2, -0.15) is 0 Å². The van der Waals surface area contributed by atoms with Gasteiger partial charge in [0.05, 0.1) is 9.99 Å². The number of rotatable bonds is 0. The summed E-state index contributed by atoms with van der Waals surface area (Å²) in [5, 5.41) is 1.12. The molecule has 0 radical (unpaired) electrons. The summed E-state index contributed by atoms with van der Waals surface area (Å²) in [4.78, 5) is 0. The second-order valence-electron chi connectivity index (χ2n) is 2.49. The van der Waals surface area contributed by atoms with Crippen LogP contribution in [0.5, 0.6) is 0 Å². The quantitative estimate of drug-likeness (QED) is 0.743. The molecule has 0 aliphatic rings. The lowest BCUT2D eigenvalue weighted by Crippen LogP contribution is -2.06. The van der Waals surface area contributed by atoms with E-state index in [4.69, 9.17) is 5.84 Å². The third-order valence-electron chi connectivity index (χ3n) is 1.79. The standard InChI is InChI=1S/C8H6Br2N2/c9-7-5-3-1-2-4-6(5)12(11)8(7)10/h1-4H,11H2. The lowest BCUT2D eigenvalue weighted by Gasteiger charge is -1.95. The van der Waals surface area contributed by atoms with Crippen molar-refractivity contribution in [2.24, 2.45) is 0 Å². The summed E-state index contributed by atoms with van der Waals surface area (Å²) in [7, 11) is 0. The molecule has 0 spiro atoms. The van der Waals surface area contributed by atoms with E-state index >= 15 is 0 Å². The Hall–Kier alpha value is -0.480. The fraction of sp³-hybridized carbons (Fsp3) is 0. The maximum Gasteiger partial charge on any atom is 0.120 e. The molecule has 62 valence electrons. The highest BCUT2D eigenvalue weighted by atomic mass is 79.9. The van der Waals surface area contributed by atoms with Crippen LogP contribution in [-0.4, -0.2) is 4.68 Å². The molecule has 0 unspecified atom stereocenters. The van der Waals surface area contributed by atoms with Crippen molar-refractivity contribution < 1.29 is 0 Å². The fourth-order valence-electron chi connectivity index (χ4n) is 1.19. The van der Waals surface area contributed by atoms with E-state index < -0.39 is 0 Å². The first kappa shape index (κ1) is 8.13. The average molecular weight is 290 g/mol. The Labute approximate surface area is 86.6 Å². The molecule has 2 aromatic rings. The van der Waals surface area contributed by atoms with Gasteiger partial charge in [0.2, 0.25) is 0 Å². The molecule has 0 saturated heterocycles. The molecule has 1 aromatic heterocycles. The van der Waals surface area contributed by atoms with Gasteiger partial charge < -0.3 is 5.84 Å². The molecule has 0 atom stereocenters. The Morgan fingerprint density at radius 1 is 1.17 bits per heavy atom. The predicted molar refractivity (Wildman–Crippen MR) is 57.5 cm³/mol. The molecule has 2 rings (SSSR count).